The molecular weight excluding hydrogens is 340 g/mol. The van der Waals surface area contributed by atoms with Crippen molar-refractivity contribution < 1.29 is 14.3 Å². The van der Waals surface area contributed by atoms with Crippen LogP contribution >= 0.6 is 0 Å². The molecule has 2 atom stereocenters. The first-order valence-corrected chi connectivity index (χ1v) is 9.79. The minimum absolute atomic E-state index is 0.121. The lowest BCUT2D eigenvalue weighted by molar-refractivity contribution is -0.134. The molecule has 0 spiro atoms. The van der Waals surface area contributed by atoms with Crippen LogP contribution in [0.3, 0.4) is 0 Å². The average Bonchev–Trinajstić information content (AvgIpc) is 2.95. The lowest BCUT2D eigenvalue weighted by Crippen LogP contribution is -2.50. The van der Waals surface area contributed by atoms with E-state index in [1.165, 1.54) is 0 Å². The van der Waals surface area contributed by atoms with Crippen LogP contribution in [0.15, 0.2) is 24.3 Å². The Labute approximate surface area is 163 Å². The lowest BCUT2D eigenvalue weighted by Gasteiger charge is -2.35. The topological polar surface area (TPSA) is 58.6 Å². The third-order valence-corrected chi connectivity index (χ3v) is 4.76. The molecule has 150 valence electrons. The highest BCUT2D eigenvalue weighted by Gasteiger charge is 2.37. The van der Waals surface area contributed by atoms with Crippen LogP contribution in [-0.2, 0) is 9.53 Å². The summed E-state index contributed by atoms with van der Waals surface area (Å²) in [6, 6.07) is 7.09. The van der Waals surface area contributed by atoms with Crippen molar-refractivity contribution in [1.29, 1.82) is 0 Å². The number of nitrogens with zero attached hydrogens (tertiary/aromatic N) is 1. The molecule has 0 saturated carbocycles. The van der Waals surface area contributed by atoms with Gasteiger partial charge in [0.25, 0.3) is 0 Å². The number of hydrogen-bond acceptors (Lipinski definition) is 4. The number of amides is 1. The van der Waals surface area contributed by atoms with E-state index in [4.69, 9.17) is 4.74 Å². The number of benzene rings is 1. The Morgan fingerprint density at radius 2 is 1.85 bits per heavy atom. The number of anilines is 1. The van der Waals surface area contributed by atoms with Gasteiger partial charge in [-0.2, -0.15) is 0 Å². The van der Waals surface area contributed by atoms with E-state index in [9.17, 15) is 9.59 Å². The second-order valence-corrected chi connectivity index (χ2v) is 9.55. The molecule has 1 saturated heterocycles. The van der Waals surface area contributed by atoms with Gasteiger partial charge in [0.05, 0.1) is 5.56 Å². The Kier molecular flexibility index (Phi) is 6.23. The van der Waals surface area contributed by atoms with Crippen molar-refractivity contribution in [3.63, 3.8) is 0 Å². The van der Waals surface area contributed by atoms with E-state index in [0.29, 0.717) is 5.56 Å². The summed E-state index contributed by atoms with van der Waals surface area (Å²) >= 11 is 0. The van der Waals surface area contributed by atoms with Gasteiger partial charge in [-0.1, -0.05) is 26.8 Å². The summed E-state index contributed by atoms with van der Waals surface area (Å²) in [5.41, 5.74) is 0.417. The summed E-state index contributed by atoms with van der Waals surface area (Å²) in [5, 5.41) is 3.38. The van der Waals surface area contributed by atoms with Gasteiger partial charge in [0.15, 0.2) is 0 Å². The van der Waals surface area contributed by atoms with Gasteiger partial charge in [0.2, 0.25) is 5.91 Å². The molecule has 1 aliphatic rings. The van der Waals surface area contributed by atoms with Crippen molar-refractivity contribution in [3.8, 4) is 0 Å². The Hall–Kier alpha value is -2.04. The Bertz CT molecular complexity index is 686. The molecule has 1 aromatic rings. The van der Waals surface area contributed by atoms with Crippen LogP contribution in [0.1, 0.15) is 71.7 Å². The SMILES string of the molecule is C[C@@H]1CCCN1C(=O)C(Nc1cccc(C(=O)OC(C)(C)C)c1)C(C)(C)C. The monoisotopic (exact) mass is 374 g/mol. The molecule has 5 nitrogen and oxygen atoms in total. The molecule has 1 aliphatic heterocycles. The van der Waals surface area contributed by atoms with Gasteiger partial charge < -0.3 is 15.0 Å². The molecule has 0 aromatic heterocycles. The summed E-state index contributed by atoms with van der Waals surface area (Å²) in [6.45, 7) is 14.6. The predicted molar refractivity (Wildman–Crippen MR) is 109 cm³/mol. The number of rotatable bonds is 4. The minimum Gasteiger partial charge on any atom is -0.456 e. The van der Waals surface area contributed by atoms with E-state index in [2.05, 4.69) is 33.0 Å². The summed E-state index contributed by atoms with van der Waals surface area (Å²) in [5.74, 6) is -0.242. The first-order chi connectivity index (χ1) is 12.4. The zero-order valence-corrected chi connectivity index (χ0v) is 17.8. The quantitative estimate of drug-likeness (QED) is 0.790. The average molecular weight is 375 g/mol. The molecule has 0 bridgehead atoms. The van der Waals surface area contributed by atoms with Crippen molar-refractivity contribution in [2.45, 2.75) is 79.0 Å². The third-order valence-electron chi connectivity index (χ3n) is 4.76. The van der Waals surface area contributed by atoms with E-state index in [1.54, 1.807) is 12.1 Å². The van der Waals surface area contributed by atoms with Gasteiger partial charge in [0, 0.05) is 18.3 Å². The number of hydrogen-bond donors (Lipinski definition) is 1. The highest BCUT2D eigenvalue weighted by atomic mass is 16.6. The van der Waals surface area contributed by atoms with Crippen LogP contribution in [0.4, 0.5) is 5.69 Å². The first kappa shape index (κ1) is 21.3. The normalized spacial score (nSPS) is 18.9. The molecular formula is C22H34N2O3. The minimum atomic E-state index is -0.545. The van der Waals surface area contributed by atoms with Crippen LogP contribution in [0, 0.1) is 5.41 Å². The fraction of sp³-hybridized carbons (Fsp3) is 0.636. The Balaban J connectivity index is 2.22. The van der Waals surface area contributed by atoms with Crippen molar-refractivity contribution in [1.82, 2.24) is 4.90 Å². The first-order valence-electron chi connectivity index (χ1n) is 9.79. The summed E-state index contributed by atoms with van der Waals surface area (Å²) in [7, 11) is 0. The van der Waals surface area contributed by atoms with Gasteiger partial charge in [0.1, 0.15) is 11.6 Å². The fourth-order valence-corrected chi connectivity index (χ4v) is 3.31. The molecule has 2 rings (SSSR count). The van der Waals surface area contributed by atoms with E-state index < -0.39 is 5.60 Å². The number of nitrogens with one attached hydrogen (secondary N) is 1. The lowest BCUT2D eigenvalue weighted by atomic mass is 9.85. The zero-order chi connectivity index (χ0) is 20.4. The maximum Gasteiger partial charge on any atom is 0.338 e. The van der Waals surface area contributed by atoms with Gasteiger partial charge in [-0.25, -0.2) is 4.79 Å². The molecule has 1 N–H and O–H groups in total. The van der Waals surface area contributed by atoms with Gasteiger partial charge in [-0.05, 0) is 64.2 Å². The Morgan fingerprint density at radius 1 is 1.19 bits per heavy atom. The van der Waals surface area contributed by atoms with Crippen LogP contribution < -0.4 is 5.32 Å². The molecule has 1 unspecified atom stereocenters. The number of ether oxygens (including phenoxy) is 1. The molecule has 1 amide bonds. The summed E-state index contributed by atoms with van der Waals surface area (Å²) < 4.78 is 5.45. The fourth-order valence-electron chi connectivity index (χ4n) is 3.31. The number of esters is 1. The second kappa shape index (κ2) is 7.91. The molecule has 0 aliphatic carbocycles. The third kappa shape index (κ3) is 5.72. The molecule has 27 heavy (non-hydrogen) atoms. The van der Waals surface area contributed by atoms with Crippen LogP contribution in [0.2, 0.25) is 0 Å². The molecule has 1 aromatic carbocycles. The number of carbonyl (C=O) groups is 2. The maximum absolute atomic E-state index is 13.2. The number of likely N-dealkylation sites (tertiary alicyclic amines) is 1. The van der Waals surface area contributed by atoms with E-state index in [-0.39, 0.29) is 29.4 Å². The largest absolute Gasteiger partial charge is 0.456 e. The predicted octanol–water partition coefficient (Wildman–Crippen LogP) is 4.48. The smallest absolute Gasteiger partial charge is 0.338 e. The van der Waals surface area contributed by atoms with Crippen LogP contribution in [0.5, 0.6) is 0 Å². The van der Waals surface area contributed by atoms with E-state index >= 15 is 0 Å². The summed E-state index contributed by atoms with van der Waals surface area (Å²) in [4.78, 5) is 27.5. The van der Waals surface area contributed by atoms with E-state index in [0.717, 1.165) is 25.1 Å². The van der Waals surface area contributed by atoms with Crippen LogP contribution in [0.25, 0.3) is 0 Å². The summed E-state index contributed by atoms with van der Waals surface area (Å²) in [6.07, 6.45) is 2.11. The Morgan fingerprint density at radius 3 is 2.37 bits per heavy atom. The second-order valence-electron chi connectivity index (χ2n) is 9.55. The highest BCUT2D eigenvalue weighted by molar-refractivity contribution is 5.91. The maximum atomic E-state index is 13.2. The van der Waals surface area contributed by atoms with E-state index in [1.807, 2.05) is 37.8 Å². The molecule has 0 radical (unpaired) electrons. The molecule has 1 heterocycles. The highest BCUT2D eigenvalue weighted by Crippen LogP contribution is 2.28. The standard InChI is InChI=1S/C22H34N2O3/c1-15-10-9-13-24(15)19(25)18(21(2,3)4)23-17-12-8-11-16(14-17)20(26)27-22(5,6)7/h8,11-12,14-15,18,23H,9-10,13H2,1-7H3/t15-,18?/m1/s1. The van der Waals surface area contributed by atoms with Crippen molar-refractivity contribution in [3.05, 3.63) is 29.8 Å². The zero-order valence-electron chi connectivity index (χ0n) is 17.8. The van der Waals surface area contributed by atoms with Crippen LogP contribution in [-0.4, -0.2) is 41.0 Å². The molecule has 1 fully saturated rings. The molecule has 5 heteroatoms. The van der Waals surface area contributed by atoms with Crippen molar-refractivity contribution in [2.24, 2.45) is 5.41 Å². The number of carbonyl (C=O) groups excluding carboxylic acids is 2. The van der Waals surface area contributed by atoms with Crippen molar-refractivity contribution >= 4 is 17.6 Å². The van der Waals surface area contributed by atoms with Gasteiger partial charge >= 0.3 is 5.97 Å². The van der Waals surface area contributed by atoms with Crippen molar-refractivity contribution in [2.75, 3.05) is 11.9 Å². The van der Waals surface area contributed by atoms with Gasteiger partial charge in [-0.15, -0.1) is 0 Å². The van der Waals surface area contributed by atoms with Gasteiger partial charge in [-0.3, -0.25) is 4.79 Å².